The van der Waals surface area contributed by atoms with Gasteiger partial charge in [0.1, 0.15) is 17.7 Å². The number of benzene rings is 1. The maximum atomic E-state index is 13.9. The Morgan fingerprint density at radius 1 is 1.16 bits per heavy atom. The standard InChI is InChI=1S/C24H24ClFN6O5/c1-24(2,3)37-23(35)30-18-11-32(10-16(18)21(33)34)22-29-12-28-19(31-22)13-4-6-15(7-5-13)36-20-17(26)8-14(25)9-27-20/h4-9,12,16,18H,10-11H2,1-3H3,(H,30,35)(H,33,34). The van der Waals surface area contributed by atoms with Gasteiger partial charge in [-0.25, -0.2) is 24.1 Å². The average Bonchev–Trinajstić information content (AvgIpc) is 3.24. The maximum Gasteiger partial charge on any atom is 0.407 e. The molecule has 0 aliphatic carbocycles. The molecule has 0 spiro atoms. The van der Waals surface area contributed by atoms with Gasteiger partial charge in [0.15, 0.2) is 11.6 Å². The molecule has 2 atom stereocenters. The van der Waals surface area contributed by atoms with E-state index in [0.29, 0.717) is 17.1 Å². The first-order valence-electron chi connectivity index (χ1n) is 11.2. The van der Waals surface area contributed by atoms with Crippen LogP contribution in [-0.2, 0) is 9.53 Å². The fourth-order valence-electron chi connectivity index (χ4n) is 3.66. The highest BCUT2D eigenvalue weighted by atomic mass is 35.5. The molecular formula is C24H24ClFN6O5. The van der Waals surface area contributed by atoms with Gasteiger partial charge in [0, 0.05) is 24.8 Å². The third kappa shape index (κ3) is 6.58. The zero-order valence-electron chi connectivity index (χ0n) is 20.2. The first-order chi connectivity index (χ1) is 17.5. The van der Waals surface area contributed by atoms with Crippen LogP contribution in [0.15, 0.2) is 42.9 Å². The first kappa shape index (κ1) is 26.0. The topological polar surface area (TPSA) is 140 Å². The van der Waals surface area contributed by atoms with E-state index in [1.54, 1.807) is 49.9 Å². The molecule has 0 saturated carbocycles. The Hall–Kier alpha value is -4.06. The van der Waals surface area contributed by atoms with Crippen molar-refractivity contribution in [2.45, 2.75) is 32.4 Å². The van der Waals surface area contributed by atoms with E-state index in [1.165, 1.54) is 12.5 Å². The van der Waals surface area contributed by atoms with Crippen LogP contribution in [-0.4, -0.2) is 61.8 Å². The molecule has 0 bridgehead atoms. The number of rotatable bonds is 6. The predicted molar refractivity (Wildman–Crippen MR) is 131 cm³/mol. The molecule has 2 N–H and O–H groups in total. The lowest BCUT2D eigenvalue weighted by atomic mass is 10.0. The summed E-state index contributed by atoms with van der Waals surface area (Å²) in [5.41, 5.74) is -0.0949. The summed E-state index contributed by atoms with van der Waals surface area (Å²) in [6.07, 6.45) is 1.90. The van der Waals surface area contributed by atoms with Crippen LogP contribution in [0.5, 0.6) is 11.6 Å². The van der Waals surface area contributed by atoms with Crippen LogP contribution in [0.3, 0.4) is 0 Å². The molecule has 3 aromatic rings. The molecule has 2 unspecified atom stereocenters. The molecule has 11 nitrogen and oxygen atoms in total. The Kier molecular flexibility index (Phi) is 7.39. The number of carbonyl (C=O) groups is 2. The van der Waals surface area contributed by atoms with E-state index in [4.69, 9.17) is 21.1 Å². The van der Waals surface area contributed by atoms with Gasteiger partial charge in [-0.3, -0.25) is 4.79 Å². The summed E-state index contributed by atoms with van der Waals surface area (Å²) in [6.45, 7) is 5.43. The van der Waals surface area contributed by atoms with E-state index < -0.39 is 35.4 Å². The number of carboxylic acids is 1. The van der Waals surface area contributed by atoms with Gasteiger partial charge in [0.05, 0.1) is 17.0 Å². The highest BCUT2D eigenvalue weighted by Gasteiger charge is 2.40. The van der Waals surface area contributed by atoms with Crippen LogP contribution in [0.25, 0.3) is 11.4 Å². The van der Waals surface area contributed by atoms with Gasteiger partial charge >= 0.3 is 12.1 Å². The van der Waals surface area contributed by atoms with Gasteiger partial charge in [-0.1, -0.05) is 11.6 Å². The Bertz CT molecular complexity index is 1300. The van der Waals surface area contributed by atoms with Crippen molar-refractivity contribution in [1.29, 1.82) is 0 Å². The summed E-state index contributed by atoms with van der Waals surface area (Å²) in [7, 11) is 0. The van der Waals surface area contributed by atoms with Crippen molar-refractivity contribution < 1.29 is 28.6 Å². The van der Waals surface area contributed by atoms with Crippen molar-refractivity contribution in [1.82, 2.24) is 25.3 Å². The summed E-state index contributed by atoms with van der Waals surface area (Å²) >= 11 is 5.71. The normalized spacial score (nSPS) is 17.4. The maximum absolute atomic E-state index is 13.9. The number of carbonyl (C=O) groups excluding carboxylic acids is 1. The molecule has 1 aliphatic heterocycles. The lowest BCUT2D eigenvalue weighted by Gasteiger charge is -2.23. The van der Waals surface area contributed by atoms with Crippen molar-refractivity contribution >= 4 is 29.6 Å². The molecule has 4 rings (SSSR count). The molecule has 1 fully saturated rings. The molecule has 37 heavy (non-hydrogen) atoms. The highest BCUT2D eigenvalue weighted by Crippen LogP contribution is 2.27. The minimum absolute atomic E-state index is 0.0890. The van der Waals surface area contributed by atoms with Crippen molar-refractivity contribution in [3.8, 4) is 23.0 Å². The van der Waals surface area contributed by atoms with Gasteiger partial charge in [-0.2, -0.15) is 4.98 Å². The average molecular weight is 531 g/mol. The van der Waals surface area contributed by atoms with Gasteiger partial charge in [-0.15, -0.1) is 0 Å². The fourth-order valence-corrected chi connectivity index (χ4v) is 3.81. The summed E-state index contributed by atoms with van der Waals surface area (Å²) in [5, 5.41) is 12.5. The van der Waals surface area contributed by atoms with Crippen LogP contribution < -0.4 is 15.0 Å². The number of ether oxygens (including phenoxy) is 2. The number of halogens is 2. The number of anilines is 1. The monoisotopic (exact) mass is 530 g/mol. The number of amides is 1. The number of aliphatic carboxylic acids is 1. The minimum atomic E-state index is -1.06. The van der Waals surface area contributed by atoms with Crippen molar-refractivity contribution in [3.63, 3.8) is 0 Å². The molecule has 2 aromatic heterocycles. The molecule has 194 valence electrons. The molecule has 1 saturated heterocycles. The summed E-state index contributed by atoms with van der Waals surface area (Å²) < 4.78 is 24.7. The van der Waals surface area contributed by atoms with Crippen LogP contribution in [0, 0.1) is 11.7 Å². The molecule has 1 aliphatic rings. The van der Waals surface area contributed by atoms with E-state index in [1.807, 2.05) is 0 Å². The smallest absolute Gasteiger partial charge is 0.407 e. The Morgan fingerprint density at radius 3 is 2.54 bits per heavy atom. The quantitative estimate of drug-likeness (QED) is 0.481. The second-order valence-electron chi connectivity index (χ2n) is 9.28. The second kappa shape index (κ2) is 10.5. The third-order valence-electron chi connectivity index (χ3n) is 5.28. The third-order valence-corrected chi connectivity index (χ3v) is 5.49. The van der Waals surface area contributed by atoms with E-state index in [0.717, 1.165) is 6.07 Å². The summed E-state index contributed by atoms with van der Waals surface area (Å²) in [4.78, 5) is 42.4. The lowest BCUT2D eigenvalue weighted by molar-refractivity contribution is -0.141. The highest BCUT2D eigenvalue weighted by molar-refractivity contribution is 6.30. The summed E-state index contributed by atoms with van der Waals surface area (Å²) in [6, 6.07) is 6.96. The molecule has 3 heterocycles. The largest absolute Gasteiger partial charge is 0.481 e. The van der Waals surface area contributed by atoms with E-state index in [9.17, 15) is 19.1 Å². The Labute approximate surface area is 216 Å². The van der Waals surface area contributed by atoms with E-state index in [-0.39, 0.29) is 29.9 Å². The van der Waals surface area contributed by atoms with Crippen LogP contribution in [0.2, 0.25) is 5.02 Å². The second-order valence-corrected chi connectivity index (χ2v) is 9.71. The number of alkyl carbamates (subject to hydrolysis) is 1. The predicted octanol–water partition coefficient (Wildman–Crippen LogP) is 3.93. The molecule has 13 heteroatoms. The van der Waals surface area contributed by atoms with Crippen molar-refractivity contribution in [3.05, 3.63) is 53.7 Å². The van der Waals surface area contributed by atoms with Crippen LogP contribution in [0.1, 0.15) is 20.8 Å². The van der Waals surface area contributed by atoms with Crippen LogP contribution >= 0.6 is 11.6 Å². The van der Waals surface area contributed by atoms with Crippen molar-refractivity contribution in [2.75, 3.05) is 18.0 Å². The number of nitrogens with one attached hydrogen (secondary N) is 1. The Morgan fingerprint density at radius 2 is 1.89 bits per heavy atom. The van der Waals surface area contributed by atoms with Gasteiger partial charge in [0.25, 0.3) is 5.88 Å². The number of hydrogen-bond donors (Lipinski definition) is 2. The zero-order valence-corrected chi connectivity index (χ0v) is 20.9. The molecule has 0 radical (unpaired) electrons. The van der Waals surface area contributed by atoms with Gasteiger partial charge in [0.2, 0.25) is 5.95 Å². The molecular weight excluding hydrogens is 507 g/mol. The SMILES string of the molecule is CC(C)(C)OC(=O)NC1CN(c2ncnc(-c3ccc(Oc4ncc(Cl)cc4F)cc3)n2)CC1C(=O)O. The first-order valence-corrected chi connectivity index (χ1v) is 11.6. The summed E-state index contributed by atoms with van der Waals surface area (Å²) in [5.74, 6) is -1.91. The number of pyridine rings is 1. The number of aromatic nitrogens is 4. The van der Waals surface area contributed by atoms with Crippen molar-refractivity contribution in [2.24, 2.45) is 5.92 Å². The van der Waals surface area contributed by atoms with Crippen LogP contribution in [0.4, 0.5) is 15.1 Å². The number of nitrogens with zero attached hydrogens (tertiary/aromatic N) is 5. The molecule has 1 amide bonds. The van der Waals surface area contributed by atoms with Gasteiger partial charge < -0.3 is 24.8 Å². The minimum Gasteiger partial charge on any atom is -0.481 e. The number of hydrogen-bond acceptors (Lipinski definition) is 9. The fraction of sp³-hybridized carbons (Fsp3) is 0.333. The van der Waals surface area contributed by atoms with E-state index >= 15 is 0 Å². The molecule has 1 aromatic carbocycles. The lowest BCUT2D eigenvalue weighted by Crippen LogP contribution is -2.45. The zero-order chi connectivity index (χ0) is 26.7. The number of carboxylic acid groups (broad SMARTS) is 1. The van der Waals surface area contributed by atoms with E-state index in [2.05, 4.69) is 25.3 Å². The van der Waals surface area contributed by atoms with Gasteiger partial charge in [-0.05, 0) is 51.1 Å². The Balaban J connectivity index is 1.47.